The third-order valence-electron chi connectivity index (χ3n) is 1.86. The molecule has 0 radical (unpaired) electrons. The molecule has 0 aromatic carbocycles. The Balaban J connectivity index is 2.12. The van der Waals surface area contributed by atoms with Crippen LogP contribution in [0.3, 0.4) is 0 Å². The Labute approximate surface area is 90.7 Å². The SMILES string of the molecule is CC(Nc1nccc(C#N)n1)c1nn[nH]n1. The van der Waals surface area contributed by atoms with Gasteiger partial charge in [-0.05, 0) is 13.0 Å². The summed E-state index contributed by atoms with van der Waals surface area (Å²) in [6.45, 7) is 1.84. The molecule has 2 N–H and O–H groups in total. The fourth-order valence-corrected chi connectivity index (χ4v) is 1.10. The molecule has 8 heteroatoms. The Kier molecular flexibility index (Phi) is 2.69. The highest BCUT2D eigenvalue weighted by Gasteiger charge is 2.11. The number of aromatic nitrogens is 6. The van der Waals surface area contributed by atoms with E-state index in [-0.39, 0.29) is 6.04 Å². The predicted octanol–water partition coefficient (Wildman–Crippen LogP) is 0.0345. The zero-order chi connectivity index (χ0) is 11.4. The number of anilines is 1. The van der Waals surface area contributed by atoms with Gasteiger partial charge in [0.15, 0.2) is 5.82 Å². The third kappa shape index (κ3) is 2.09. The maximum absolute atomic E-state index is 8.67. The average molecular weight is 216 g/mol. The molecule has 1 atom stereocenters. The zero-order valence-corrected chi connectivity index (χ0v) is 8.42. The maximum atomic E-state index is 8.67. The molecule has 0 aliphatic heterocycles. The van der Waals surface area contributed by atoms with Gasteiger partial charge in [0.05, 0.1) is 6.04 Å². The molecule has 2 rings (SSSR count). The summed E-state index contributed by atoms with van der Waals surface area (Å²) >= 11 is 0. The largest absolute Gasteiger partial charge is 0.344 e. The van der Waals surface area contributed by atoms with Gasteiger partial charge in [-0.15, -0.1) is 10.2 Å². The van der Waals surface area contributed by atoms with Crippen molar-refractivity contribution in [3.05, 3.63) is 23.8 Å². The van der Waals surface area contributed by atoms with E-state index in [1.807, 2.05) is 13.0 Å². The van der Waals surface area contributed by atoms with Gasteiger partial charge >= 0.3 is 0 Å². The molecule has 0 fully saturated rings. The number of tetrazole rings is 1. The molecule has 2 heterocycles. The minimum absolute atomic E-state index is 0.187. The Morgan fingerprint density at radius 1 is 1.56 bits per heavy atom. The molecule has 2 aromatic rings. The number of nitrogens with one attached hydrogen (secondary N) is 2. The summed E-state index contributed by atoms with van der Waals surface area (Å²) in [6, 6.07) is 3.28. The van der Waals surface area contributed by atoms with Crippen LogP contribution in [-0.4, -0.2) is 30.6 Å². The van der Waals surface area contributed by atoms with E-state index in [2.05, 4.69) is 35.9 Å². The first kappa shape index (κ1) is 9.97. The van der Waals surface area contributed by atoms with Crippen LogP contribution in [0.25, 0.3) is 0 Å². The van der Waals surface area contributed by atoms with Crippen molar-refractivity contribution >= 4 is 5.95 Å². The highest BCUT2D eigenvalue weighted by Crippen LogP contribution is 2.10. The Hall–Kier alpha value is -2.56. The lowest BCUT2D eigenvalue weighted by molar-refractivity contribution is 0.780. The van der Waals surface area contributed by atoms with Crippen molar-refractivity contribution in [1.29, 1.82) is 5.26 Å². The minimum Gasteiger partial charge on any atom is -0.344 e. The molecule has 0 spiro atoms. The quantitative estimate of drug-likeness (QED) is 0.743. The van der Waals surface area contributed by atoms with Gasteiger partial charge in [0.2, 0.25) is 5.95 Å². The third-order valence-corrected chi connectivity index (χ3v) is 1.86. The van der Waals surface area contributed by atoms with Crippen LogP contribution in [0.4, 0.5) is 5.95 Å². The average Bonchev–Trinajstić information content (AvgIpc) is 2.83. The summed E-state index contributed by atoms with van der Waals surface area (Å²) in [5.74, 6) is 0.863. The Bertz CT molecular complexity index is 499. The van der Waals surface area contributed by atoms with E-state index in [1.54, 1.807) is 0 Å². The highest BCUT2D eigenvalue weighted by atomic mass is 15.5. The molecule has 0 aliphatic carbocycles. The van der Waals surface area contributed by atoms with Gasteiger partial charge in [-0.25, -0.2) is 9.97 Å². The molecule has 1 unspecified atom stereocenters. The van der Waals surface area contributed by atoms with Crippen molar-refractivity contribution in [1.82, 2.24) is 30.6 Å². The summed E-state index contributed by atoms with van der Waals surface area (Å²) in [7, 11) is 0. The minimum atomic E-state index is -0.187. The monoisotopic (exact) mass is 216 g/mol. The first-order valence-corrected chi connectivity index (χ1v) is 4.52. The lowest BCUT2D eigenvalue weighted by Gasteiger charge is -2.08. The van der Waals surface area contributed by atoms with Crippen LogP contribution in [0.5, 0.6) is 0 Å². The van der Waals surface area contributed by atoms with Crippen LogP contribution < -0.4 is 5.32 Å². The number of hydrogen-bond acceptors (Lipinski definition) is 7. The lowest BCUT2D eigenvalue weighted by Crippen LogP contribution is -2.11. The van der Waals surface area contributed by atoms with Crippen LogP contribution in [-0.2, 0) is 0 Å². The van der Waals surface area contributed by atoms with Crippen molar-refractivity contribution in [2.24, 2.45) is 0 Å². The second-order valence-electron chi connectivity index (χ2n) is 3.01. The first-order chi connectivity index (χ1) is 7.79. The summed E-state index contributed by atoms with van der Waals surface area (Å²) in [6.07, 6.45) is 1.51. The topological polar surface area (TPSA) is 116 Å². The van der Waals surface area contributed by atoms with Gasteiger partial charge in [-0.1, -0.05) is 5.21 Å². The number of hydrogen-bond donors (Lipinski definition) is 2. The van der Waals surface area contributed by atoms with E-state index >= 15 is 0 Å². The van der Waals surface area contributed by atoms with Gasteiger partial charge in [-0.3, -0.25) is 0 Å². The predicted molar refractivity (Wildman–Crippen MR) is 53.0 cm³/mol. The van der Waals surface area contributed by atoms with E-state index in [4.69, 9.17) is 5.26 Å². The molecule has 8 nitrogen and oxygen atoms in total. The highest BCUT2D eigenvalue weighted by molar-refractivity contribution is 5.31. The van der Waals surface area contributed by atoms with E-state index in [1.165, 1.54) is 12.3 Å². The molecule has 0 saturated heterocycles. The van der Waals surface area contributed by atoms with Crippen molar-refractivity contribution < 1.29 is 0 Å². The second kappa shape index (κ2) is 4.31. The van der Waals surface area contributed by atoms with Crippen LogP contribution >= 0.6 is 0 Å². The van der Waals surface area contributed by atoms with Crippen LogP contribution in [0.1, 0.15) is 24.5 Å². The number of nitriles is 1. The standard InChI is InChI=1S/C8H8N8/c1-5(7-13-15-16-14-7)11-8-10-3-2-6(4-9)12-8/h2-3,5H,1H3,(H,10,11,12)(H,13,14,15,16). The van der Waals surface area contributed by atoms with E-state index in [9.17, 15) is 0 Å². The number of nitrogens with zero attached hydrogens (tertiary/aromatic N) is 6. The van der Waals surface area contributed by atoms with Gasteiger partial charge in [0.25, 0.3) is 0 Å². The van der Waals surface area contributed by atoms with Crippen molar-refractivity contribution in [2.45, 2.75) is 13.0 Å². The molecule has 16 heavy (non-hydrogen) atoms. The van der Waals surface area contributed by atoms with Crippen LogP contribution in [0.2, 0.25) is 0 Å². The van der Waals surface area contributed by atoms with Crippen LogP contribution in [0, 0.1) is 11.3 Å². The van der Waals surface area contributed by atoms with Gasteiger partial charge in [0, 0.05) is 6.20 Å². The van der Waals surface area contributed by atoms with Crippen molar-refractivity contribution in [2.75, 3.05) is 5.32 Å². The normalized spacial score (nSPS) is 11.8. The number of aromatic amines is 1. The first-order valence-electron chi connectivity index (χ1n) is 4.52. The van der Waals surface area contributed by atoms with Gasteiger partial charge in [-0.2, -0.15) is 10.5 Å². The molecule has 0 aliphatic rings. The van der Waals surface area contributed by atoms with E-state index in [0.29, 0.717) is 17.5 Å². The van der Waals surface area contributed by atoms with Gasteiger partial charge < -0.3 is 5.32 Å². The Morgan fingerprint density at radius 3 is 3.12 bits per heavy atom. The fraction of sp³-hybridized carbons (Fsp3) is 0.250. The van der Waals surface area contributed by atoms with Gasteiger partial charge in [0.1, 0.15) is 11.8 Å². The maximum Gasteiger partial charge on any atom is 0.224 e. The molecule has 80 valence electrons. The summed E-state index contributed by atoms with van der Waals surface area (Å²) in [5, 5.41) is 25.1. The lowest BCUT2D eigenvalue weighted by atomic mass is 10.3. The van der Waals surface area contributed by atoms with Crippen LogP contribution in [0.15, 0.2) is 12.3 Å². The molecule has 2 aromatic heterocycles. The van der Waals surface area contributed by atoms with E-state index in [0.717, 1.165) is 0 Å². The second-order valence-corrected chi connectivity index (χ2v) is 3.01. The fourth-order valence-electron chi connectivity index (χ4n) is 1.10. The number of rotatable bonds is 3. The summed E-state index contributed by atoms with van der Waals surface area (Å²) < 4.78 is 0. The number of H-pyrrole nitrogens is 1. The molecular weight excluding hydrogens is 208 g/mol. The van der Waals surface area contributed by atoms with E-state index < -0.39 is 0 Å². The molecule has 0 saturated carbocycles. The summed E-state index contributed by atoms with van der Waals surface area (Å²) in [5.41, 5.74) is 0.304. The molecular formula is C8H8N8. The smallest absolute Gasteiger partial charge is 0.224 e. The summed E-state index contributed by atoms with van der Waals surface area (Å²) in [4.78, 5) is 7.95. The molecule has 0 amide bonds. The zero-order valence-electron chi connectivity index (χ0n) is 8.42. The van der Waals surface area contributed by atoms with Crippen molar-refractivity contribution in [3.63, 3.8) is 0 Å². The van der Waals surface area contributed by atoms with Crippen molar-refractivity contribution in [3.8, 4) is 6.07 Å². The molecule has 0 bridgehead atoms. The Morgan fingerprint density at radius 2 is 2.44 bits per heavy atom.